The minimum atomic E-state index is -0.264. The van der Waals surface area contributed by atoms with Crippen molar-refractivity contribution < 1.29 is 19.4 Å². The van der Waals surface area contributed by atoms with Gasteiger partial charge in [-0.25, -0.2) is 5.84 Å². The maximum Gasteiger partial charge on any atom is 0.234 e. The molecule has 0 unspecified atom stereocenters. The van der Waals surface area contributed by atoms with Gasteiger partial charge in [-0.15, -0.1) is 0 Å². The Morgan fingerprint density at radius 1 is 1.13 bits per heavy atom. The van der Waals surface area contributed by atoms with Crippen molar-refractivity contribution in [3.8, 4) is 11.5 Å². The highest BCUT2D eigenvalue weighted by atomic mass is 16.5. The van der Waals surface area contributed by atoms with E-state index in [9.17, 15) is 14.7 Å². The van der Waals surface area contributed by atoms with Crippen LogP contribution in [0, 0.1) is 0 Å². The number of amides is 1. The van der Waals surface area contributed by atoms with E-state index in [0.29, 0.717) is 24.3 Å². The summed E-state index contributed by atoms with van der Waals surface area (Å²) >= 11 is 0. The number of phenols is 1. The van der Waals surface area contributed by atoms with Crippen molar-refractivity contribution in [2.45, 2.75) is 12.8 Å². The Balaban J connectivity index is 1.98. The topological polar surface area (TPSA) is 102 Å². The Labute approximate surface area is 133 Å². The molecule has 2 aromatic carbocycles. The minimum absolute atomic E-state index is 0.143. The molecule has 0 aliphatic rings. The zero-order valence-electron chi connectivity index (χ0n) is 12.5. The number of nitrogens with one attached hydrogen (secondary N) is 1. The average Bonchev–Trinajstić information content (AvgIpc) is 2.58. The first-order chi connectivity index (χ1) is 11.1. The van der Waals surface area contributed by atoms with Crippen LogP contribution in [0.4, 0.5) is 0 Å². The van der Waals surface area contributed by atoms with E-state index in [1.54, 1.807) is 30.3 Å². The summed E-state index contributed by atoms with van der Waals surface area (Å²) in [6.45, 7) is 0.304. The summed E-state index contributed by atoms with van der Waals surface area (Å²) < 4.78 is 5.43. The van der Waals surface area contributed by atoms with Crippen LogP contribution in [-0.4, -0.2) is 23.4 Å². The van der Waals surface area contributed by atoms with Crippen molar-refractivity contribution in [3.63, 3.8) is 0 Å². The normalized spacial score (nSPS) is 10.1. The molecule has 0 heterocycles. The molecule has 0 fully saturated rings. The summed E-state index contributed by atoms with van der Waals surface area (Å²) in [5.74, 6) is 4.74. The fourth-order valence-corrected chi connectivity index (χ4v) is 2.03. The molecule has 2 rings (SSSR count). The van der Waals surface area contributed by atoms with Gasteiger partial charge in [0.15, 0.2) is 5.78 Å². The lowest BCUT2D eigenvalue weighted by molar-refractivity contribution is -0.121. The van der Waals surface area contributed by atoms with Crippen molar-refractivity contribution >= 4 is 11.7 Å². The molecule has 0 spiro atoms. The van der Waals surface area contributed by atoms with Gasteiger partial charge in [0, 0.05) is 18.1 Å². The van der Waals surface area contributed by atoms with Crippen molar-refractivity contribution in [1.29, 1.82) is 0 Å². The molecule has 4 N–H and O–H groups in total. The molecule has 2 aromatic rings. The van der Waals surface area contributed by atoms with Crippen LogP contribution in [0.25, 0.3) is 0 Å². The number of nitrogens with two attached hydrogens (primary N) is 1. The van der Waals surface area contributed by atoms with Crippen LogP contribution in [0.1, 0.15) is 28.8 Å². The molecular formula is C17H18N2O4. The SMILES string of the molecule is NNC(=O)CCCOc1ccc(C(=O)c2ccccc2)c(O)c1. The lowest BCUT2D eigenvalue weighted by Gasteiger charge is -2.09. The van der Waals surface area contributed by atoms with E-state index in [-0.39, 0.29) is 29.4 Å². The van der Waals surface area contributed by atoms with E-state index in [4.69, 9.17) is 10.6 Å². The fraction of sp³-hybridized carbons (Fsp3) is 0.176. The largest absolute Gasteiger partial charge is 0.507 e. The molecule has 0 saturated carbocycles. The molecule has 0 aromatic heterocycles. The number of ether oxygens (including phenoxy) is 1. The lowest BCUT2D eigenvalue weighted by Crippen LogP contribution is -2.29. The van der Waals surface area contributed by atoms with Crippen LogP contribution >= 0.6 is 0 Å². The van der Waals surface area contributed by atoms with E-state index in [2.05, 4.69) is 0 Å². The van der Waals surface area contributed by atoms with Gasteiger partial charge in [0.25, 0.3) is 0 Å². The molecule has 0 saturated heterocycles. The van der Waals surface area contributed by atoms with Crippen LogP contribution < -0.4 is 16.0 Å². The van der Waals surface area contributed by atoms with Crippen LogP contribution in [-0.2, 0) is 4.79 Å². The average molecular weight is 314 g/mol. The fourth-order valence-electron chi connectivity index (χ4n) is 2.03. The highest BCUT2D eigenvalue weighted by Gasteiger charge is 2.14. The number of hydrogen-bond acceptors (Lipinski definition) is 5. The molecular weight excluding hydrogens is 296 g/mol. The number of rotatable bonds is 7. The molecule has 0 bridgehead atoms. The summed E-state index contributed by atoms with van der Waals surface area (Å²) in [4.78, 5) is 23.3. The van der Waals surface area contributed by atoms with Gasteiger partial charge in [-0.05, 0) is 18.6 Å². The molecule has 0 aliphatic carbocycles. The summed E-state index contributed by atoms with van der Waals surface area (Å²) in [5.41, 5.74) is 2.75. The second-order valence-electron chi connectivity index (χ2n) is 4.89. The van der Waals surface area contributed by atoms with Crippen molar-refractivity contribution in [2.24, 2.45) is 5.84 Å². The Morgan fingerprint density at radius 3 is 2.52 bits per heavy atom. The zero-order valence-corrected chi connectivity index (χ0v) is 12.5. The van der Waals surface area contributed by atoms with E-state index in [0.717, 1.165) is 0 Å². The summed E-state index contributed by atoms with van der Waals surface area (Å²) in [5, 5.41) is 10.0. The van der Waals surface area contributed by atoms with E-state index >= 15 is 0 Å². The van der Waals surface area contributed by atoms with Gasteiger partial charge in [0.1, 0.15) is 11.5 Å². The maximum absolute atomic E-state index is 12.3. The predicted molar refractivity (Wildman–Crippen MR) is 85.0 cm³/mol. The van der Waals surface area contributed by atoms with Crippen molar-refractivity contribution in [3.05, 3.63) is 59.7 Å². The van der Waals surface area contributed by atoms with E-state index in [1.165, 1.54) is 12.1 Å². The Morgan fingerprint density at radius 2 is 1.87 bits per heavy atom. The zero-order chi connectivity index (χ0) is 16.7. The molecule has 6 nitrogen and oxygen atoms in total. The summed E-state index contributed by atoms with van der Waals surface area (Å²) in [7, 11) is 0. The molecule has 120 valence electrons. The number of ketones is 1. The van der Waals surface area contributed by atoms with Gasteiger partial charge in [-0.2, -0.15) is 0 Å². The third kappa shape index (κ3) is 4.55. The predicted octanol–water partition coefficient (Wildman–Crippen LogP) is 1.77. The van der Waals surface area contributed by atoms with Crippen molar-refractivity contribution in [1.82, 2.24) is 5.43 Å². The number of benzene rings is 2. The highest BCUT2D eigenvalue weighted by Crippen LogP contribution is 2.26. The first-order valence-electron chi connectivity index (χ1n) is 7.17. The summed E-state index contributed by atoms with van der Waals surface area (Å²) in [6, 6.07) is 13.2. The smallest absolute Gasteiger partial charge is 0.234 e. The molecule has 0 atom stereocenters. The third-order valence-electron chi connectivity index (χ3n) is 3.23. The van der Waals surface area contributed by atoms with Gasteiger partial charge in [-0.3, -0.25) is 15.0 Å². The molecule has 1 amide bonds. The van der Waals surface area contributed by atoms with E-state index in [1.807, 2.05) is 11.5 Å². The number of phenolic OH excluding ortho intramolecular Hbond substituents is 1. The number of hydrogen-bond donors (Lipinski definition) is 3. The molecule has 0 aliphatic heterocycles. The number of carbonyl (C=O) groups is 2. The van der Waals surface area contributed by atoms with Gasteiger partial charge in [-0.1, -0.05) is 30.3 Å². The lowest BCUT2D eigenvalue weighted by atomic mass is 10.0. The summed E-state index contributed by atoms with van der Waals surface area (Å²) in [6.07, 6.45) is 0.752. The van der Waals surface area contributed by atoms with Crippen LogP contribution in [0.2, 0.25) is 0 Å². The highest BCUT2D eigenvalue weighted by molar-refractivity contribution is 6.10. The molecule has 6 heteroatoms. The van der Waals surface area contributed by atoms with Gasteiger partial charge < -0.3 is 9.84 Å². The van der Waals surface area contributed by atoms with E-state index < -0.39 is 0 Å². The first-order valence-corrected chi connectivity index (χ1v) is 7.17. The van der Waals surface area contributed by atoms with Crippen LogP contribution in [0.15, 0.2) is 48.5 Å². The van der Waals surface area contributed by atoms with Gasteiger partial charge in [0.2, 0.25) is 5.91 Å². The third-order valence-corrected chi connectivity index (χ3v) is 3.23. The van der Waals surface area contributed by atoms with Crippen LogP contribution in [0.3, 0.4) is 0 Å². The van der Waals surface area contributed by atoms with Gasteiger partial charge in [0.05, 0.1) is 12.2 Å². The monoisotopic (exact) mass is 314 g/mol. The minimum Gasteiger partial charge on any atom is -0.507 e. The molecule has 0 radical (unpaired) electrons. The maximum atomic E-state index is 12.3. The second kappa shape index (κ2) is 7.95. The van der Waals surface area contributed by atoms with Crippen LogP contribution in [0.5, 0.6) is 11.5 Å². The molecule has 23 heavy (non-hydrogen) atoms. The Bertz CT molecular complexity index is 686. The van der Waals surface area contributed by atoms with Crippen molar-refractivity contribution in [2.75, 3.05) is 6.61 Å². The Kier molecular flexibility index (Phi) is 5.71. The van der Waals surface area contributed by atoms with Gasteiger partial charge >= 0.3 is 0 Å². The first kappa shape index (κ1) is 16.5. The number of aromatic hydroxyl groups is 1. The number of hydrazine groups is 1. The second-order valence-corrected chi connectivity index (χ2v) is 4.89. The quantitative estimate of drug-likeness (QED) is 0.238. The number of carbonyl (C=O) groups excluding carboxylic acids is 2. The standard InChI is InChI=1S/C17H18N2O4/c18-19-16(21)7-4-10-23-13-8-9-14(15(20)11-13)17(22)12-5-2-1-3-6-12/h1-3,5-6,8-9,11,20H,4,7,10,18H2,(H,19,21). The Hall–Kier alpha value is -2.86.